The Balaban J connectivity index is 1.22. The number of fused-ring (bicyclic) bond motifs is 3. The quantitative estimate of drug-likeness (QED) is 0.107. The Morgan fingerprint density at radius 2 is 1.01 bits per heavy atom. The Labute approximate surface area is 424 Å². The predicted molar refractivity (Wildman–Crippen MR) is 297 cm³/mol. The van der Waals surface area contributed by atoms with Crippen molar-refractivity contribution >= 4 is 21.8 Å². The molecule has 0 unspecified atom stereocenters. The number of ether oxygens (including phenoxy) is 1. The number of hydrogen-bond donors (Lipinski definition) is 0. The van der Waals surface area contributed by atoms with Gasteiger partial charge < -0.3 is 4.74 Å². The second-order valence-electron chi connectivity index (χ2n) is 25.0. The molecule has 9 aromatic rings. The maximum Gasteiger partial charge on any atom is 0.269 e. The van der Waals surface area contributed by atoms with E-state index in [-0.39, 0.29) is 32.5 Å². The van der Waals surface area contributed by atoms with Gasteiger partial charge in [0.1, 0.15) is 17.3 Å². The summed E-state index contributed by atoms with van der Waals surface area (Å²) < 4.78 is 13.9. The van der Waals surface area contributed by atoms with Crippen LogP contribution in [0.1, 0.15) is 155 Å². The number of nitrogens with zero attached hydrogens (tertiary/aromatic N) is 4. The molecule has 364 valence electrons. The Bertz CT molecular complexity index is 3410. The van der Waals surface area contributed by atoms with Gasteiger partial charge in [0.15, 0.2) is 0 Å². The second-order valence-corrected chi connectivity index (χ2v) is 25.0. The van der Waals surface area contributed by atoms with Crippen molar-refractivity contribution in [3.8, 4) is 28.7 Å². The standard InChI is InChI=1S/C66H74N4O/c1-61(2,3)46-27-30-57-56(38-46)55-29-28-53(41-58(55)70(57)60-39-47(31-32-67-60)62(4,5)6)71-54-37-50(66(15,16)45-25-21-18-22-26-45)35-51(40-54)68-42-59(64(10,11)12)69(43-68)52-34-48(63(7,8)9)33-49(36-52)65(13,14)44-23-19-17-20-24-44/h17-42H,1-16H3. The fourth-order valence-electron chi connectivity index (χ4n) is 9.87. The maximum atomic E-state index is 7.13. The van der Waals surface area contributed by atoms with E-state index in [1.165, 1.54) is 38.8 Å². The molecule has 0 amide bonds. The summed E-state index contributed by atoms with van der Waals surface area (Å²) in [4.78, 5) is 5.00. The minimum absolute atomic E-state index is 0.00489. The van der Waals surface area contributed by atoms with Crippen molar-refractivity contribution in [2.24, 2.45) is 0 Å². The van der Waals surface area contributed by atoms with Crippen LogP contribution >= 0.6 is 0 Å². The minimum Gasteiger partial charge on any atom is -0.458 e. The van der Waals surface area contributed by atoms with Crippen LogP contribution in [0.25, 0.3) is 39.0 Å². The summed E-state index contributed by atoms with van der Waals surface area (Å²) in [6.45, 7) is 36.6. The third kappa shape index (κ3) is 9.61. The summed E-state index contributed by atoms with van der Waals surface area (Å²) in [6.07, 6.45) is 8.10. The molecule has 0 spiro atoms. The summed E-state index contributed by atoms with van der Waals surface area (Å²) in [6, 6.07) is 53.3. The first-order valence-electron chi connectivity index (χ1n) is 25.4. The number of imidazole rings is 1. The van der Waals surface area contributed by atoms with Gasteiger partial charge in [-0.2, -0.15) is 0 Å². The highest BCUT2D eigenvalue weighted by molar-refractivity contribution is 6.09. The van der Waals surface area contributed by atoms with Crippen LogP contribution in [0.4, 0.5) is 0 Å². The number of hydrogen-bond acceptors (Lipinski definition) is 2. The van der Waals surface area contributed by atoms with Crippen LogP contribution in [0, 0.1) is 6.33 Å². The maximum absolute atomic E-state index is 7.13. The molecule has 0 N–H and O–H groups in total. The molecular formula is C66H74N4O. The van der Waals surface area contributed by atoms with E-state index in [4.69, 9.17) is 9.72 Å². The molecule has 0 saturated carbocycles. The van der Waals surface area contributed by atoms with Gasteiger partial charge >= 0.3 is 0 Å². The average molecular weight is 939 g/mol. The number of benzene rings is 6. The molecule has 0 fully saturated rings. The van der Waals surface area contributed by atoms with E-state index in [1.807, 2.05) is 6.20 Å². The van der Waals surface area contributed by atoms with Gasteiger partial charge in [-0.3, -0.25) is 13.7 Å². The number of aromatic nitrogens is 4. The monoisotopic (exact) mass is 939 g/mol. The van der Waals surface area contributed by atoms with Crippen LogP contribution in [0.2, 0.25) is 0 Å². The van der Waals surface area contributed by atoms with E-state index >= 15 is 0 Å². The number of rotatable bonds is 9. The molecule has 9 rings (SSSR count). The fourth-order valence-corrected chi connectivity index (χ4v) is 9.87. The molecule has 0 atom stereocenters. The summed E-state index contributed by atoms with van der Waals surface area (Å²) in [7, 11) is 0. The van der Waals surface area contributed by atoms with Crippen molar-refractivity contribution in [2.45, 2.75) is 143 Å². The summed E-state index contributed by atoms with van der Waals surface area (Å²) in [5.74, 6) is 2.39. The third-order valence-corrected chi connectivity index (χ3v) is 14.8. The molecule has 0 radical (unpaired) electrons. The highest BCUT2D eigenvalue weighted by Gasteiger charge is 2.30. The van der Waals surface area contributed by atoms with Gasteiger partial charge in [-0.1, -0.05) is 184 Å². The number of pyridine rings is 1. The van der Waals surface area contributed by atoms with Gasteiger partial charge in [-0.15, -0.1) is 0 Å². The lowest BCUT2D eigenvalue weighted by Crippen LogP contribution is -2.39. The molecule has 3 heterocycles. The molecule has 5 nitrogen and oxygen atoms in total. The topological polar surface area (TPSA) is 35.9 Å². The molecule has 0 aliphatic rings. The smallest absolute Gasteiger partial charge is 0.269 e. The van der Waals surface area contributed by atoms with E-state index in [0.717, 1.165) is 56.4 Å². The largest absolute Gasteiger partial charge is 0.458 e. The first-order valence-corrected chi connectivity index (χ1v) is 25.4. The minimum atomic E-state index is -0.352. The van der Waals surface area contributed by atoms with Crippen LogP contribution in [0.5, 0.6) is 11.5 Å². The van der Waals surface area contributed by atoms with Crippen LogP contribution < -0.4 is 9.30 Å². The lowest BCUT2D eigenvalue weighted by Gasteiger charge is -2.30. The van der Waals surface area contributed by atoms with Gasteiger partial charge in [-0.05, 0) is 127 Å². The van der Waals surface area contributed by atoms with E-state index in [0.29, 0.717) is 0 Å². The van der Waals surface area contributed by atoms with E-state index < -0.39 is 0 Å². The van der Waals surface area contributed by atoms with Crippen molar-refractivity contribution in [3.63, 3.8) is 0 Å². The van der Waals surface area contributed by atoms with Gasteiger partial charge in [0, 0.05) is 40.1 Å². The van der Waals surface area contributed by atoms with E-state index in [1.54, 1.807) is 0 Å². The average Bonchev–Trinajstić information content (AvgIpc) is 3.92. The normalized spacial score (nSPS) is 13.1. The zero-order valence-corrected chi connectivity index (χ0v) is 45.2. The van der Waals surface area contributed by atoms with Crippen molar-refractivity contribution < 1.29 is 9.30 Å². The fraction of sp³-hybridized carbons (Fsp3) is 0.333. The molecule has 0 bridgehead atoms. The Kier molecular flexibility index (Phi) is 12.2. The zero-order valence-electron chi connectivity index (χ0n) is 45.2. The SMILES string of the molecule is CC(C)(C)c1cc(-[n+]2[c-]n(-c3cc(Oc4ccc5c6cc(C(C)(C)C)ccc6n(-c6cc(C(C)(C)C)ccn6)c5c4)cc(C(C)(C)c4ccccc4)c3)cc2C(C)(C)C)cc(C(C)(C)c2ccccc2)c1. The van der Waals surface area contributed by atoms with Crippen molar-refractivity contribution in [3.05, 3.63) is 209 Å². The molecule has 0 aliphatic carbocycles. The Morgan fingerprint density at radius 1 is 0.437 bits per heavy atom. The van der Waals surface area contributed by atoms with Gasteiger partial charge in [0.25, 0.3) is 6.33 Å². The van der Waals surface area contributed by atoms with Gasteiger partial charge in [-0.25, -0.2) is 4.98 Å². The molecule has 0 aliphatic heterocycles. The van der Waals surface area contributed by atoms with Crippen molar-refractivity contribution in [1.29, 1.82) is 0 Å². The molecule has 5 heteroatoms. The zero-order chi connectivity index (χ0) is 51.1. The second kappa shape index (κ2) is 17.5. The van der Waals surface area contributed by atoms with Gasteiger partial charge in [0.05, 0.1) is 28.1 Å². The predicted octanol–water partition coefficient (Wildman–Crippen LogP) is 16.7. The van der Waals surface area contributed by atoms with Gasteiger partial charge in [0.2, 0.25) is 0 Å². The summed E-state index contributed by atoms with van der Waals surface area (Å²) in [5, 5.41) is 2.36. The van der Waals surface area contributed by atoms with Crippen molar-refractivity contribution in [2.75, 3.05) is 0 Å². The molecule has 71 heavy (non-hydrogen) atoms. The van der Waals surface area contributed by atoms with Crippen LogP contribution in [0.3, 0.4) is 0 Å². The van der Waals surface area contributed by atoms with E-state index in [9.17, 15) is 0 Å². The summed E-state index contributed by atoms with van der Waals surface area (Å²) in [5.41, 5.74) is 13.2. The highest BCUT2D eigenvalue weighted by Crippen LogP contribution is 2.41. The Hall–Kier alpha value is -6.72. The summed E-state index contributed by atoms with van der Waals surface area (Å²) >= 11 is 0. The van der Waals surface area contributed by atoms with E-state index in [2.05, 4.69) is 283 Å². The Morgan fingerprint density at radius 3 is 1.61 bits per heavy atom. The lowest BCUT2D eigenvalue weighted by atomic mass is 9.75. The van der Waals surface area contributed by atoms with Crippen LogP contribution in [0.15, 0.2) is 158 Å². The van der Waals surface area contributed by atoms with Crippen molar-refractivity contribution in [1.82, 2.24) is 14.1 Å². The van der Waals surface area contributed by atoms with Crippen LogP contribution in [-0.2, 0) is 32.5 Å². The molecule has 0 saturated heterocycles. The molecule has 3 aromatic heterocycles. The highest BCUT2D eigenvalue weighted by atomic mass is 16.5. The third-order valence-electron chi connectivity index (χ3n) is 14.8. The van der Waals surface area contributed by atoms with Crippen LogP contribution in [-0.4, -0.2) is 14.1 Å². The first-order chi connectivity index (χ1) is 33.2. The molecular weight excluding hydrogens is 865 g/mol. The first kappa shape index (κ1) is 49.3. The lowest BCUT2D eigenvalue weighted by molar-refractivity contribution is -0.611. The molecule has 6 aromatic carbocycles.